The maximum absolute atomic E-state index is 12.5. The third-order valence-electron chi connectivity index (χ3n) is 6.78. The summed E-state index contributed by atoms with van der Waals surface area (Å²) in [6.45, 7) is -0.216. The Labute approximate surface area is 180 Å². The van der Waals surface area contributed by atoms with Crippen molar-refractivity contribution in [3.63, 3.8) is 0 Å². The van der Waals surface area contributed by atoms with Gasteiger partial charge in [0, 0.05) is 18.4 Å². The number of ether oxygens (including phenoxy) is 2. The molecule has 2 N–H and O–H groups in total. The molecule has 1 fully saturated rings. The second-order valence-corrected chi connectivity index (χ2v) is 8.09. The molecule has 2 aromatic carbocycles. The number of nitrogens with zero attached hydrogens (tertiary/aromatic N) is 2. The Morgan fingerprint density at radius 3 is 2.55 bits per heavy atom. The molecule has 0 saturated heterocycles. The number of methoxy groups -OCH3 is 1. The van der Waals surface area contributed by atoms with Gasteiger partial charge in [-0.3, -0.25) is 4.98 Å². The second kappa shape index (κ2) is 7.09. The van der Waals surface area contributed by atoms with Gasteiger partial charge in [0.05, 0.1) is 36.7 Å². The molecular weight excluding hydrogens is 392 g/mol. The summed E-state index contributed by atoms with van der Waals surface area (Å²) in [7, 11) is 1.53. The van der Waals surface area contributed by atoms with Crippen LogP contribution < -0.4 is 9.47 Å². The van der Waals surface area contributed by atoms with Crippen molar-refractivity contribution in [1.29, 1.82) is 5.26 Å². The van der Waals surface area contributed by atoms with Crippen LogP contribution in [0.2, 0.25) is 0 Å². The number of rotatable bonds is 4. The monoisotopic (exact) mass is 414 g/mol. The fourth-order valence-corrected chi connectivity index (χ4v) is 5.47. The lowest BCUT2D eigenvalue weighted by molar-refractivity contribution is -0.135. The van der Waals surface area contributed by atoms with E-state index in [2.05, 4.69) is 11.1 Å². The summed E-state index contributed by atoms with van der Waals surface area (Å²) in [6, 6.07) is 19.1. The number of nitriles is 1. The van der Waals surface area contributed by atoms with Gasteiger partial charge in [-0.1, -0.05) is 42.5 Å². The molecule has 0 radical (unpaired) electrons. The molecule has 0 amide bonds. The van der Waals surface area contributed by atoms with Gasteiger partial charge < -0.3 is 19.7 Å². The smallest absolute Gasteiger partial charge is 0.174 e. The first-order valence-electron chi connectivity index (χ1n) is 10.2. The van der Waals surface area contributed by atoms with Crippen molar-refractivity contribution in [2.45, 2.75) is 23.5 Å². The Kier molecular flexibility index (Phi) is 4.47. The van der Waals surface area contributed by atoms with Crippen LogP contribution in [-0.4, -0.2) is 28.9 Å². The first-order chi connectivity index (χ1) is 15.1. The number of aliphatic hydroxyl groups is 2. The van der Waals surface area contributed by atoms with Gasteiger partial charge in [-0.15, -0.1) is 0 Å². The van der Waals surface area contributed by atoms with Gasteiger partial charge in [0.1, 0.15) is 17.1 Å². The molecule has 1 saturated carbocycles. The van der Waals surface area contributed by atoms with Crippen LogP contribution in [-0.2, 0) is 11.2 Å². The van der Waals surface area contributed by atoms with Crippen LogP contribution in [0.5, 0.6) is 11.5 Å². The molecular formula is C25H22N2O4. The van der Waals surface area contributed by atoms with E-state index in [1.165, 1.54) is 7.11 Å². The van der Waals surface area contributed by atoms with Crippen molar-refractivity contribution in [2.24, 2.45) is 5.92 Å². The fourth-order valence-electron chi connectivity index (χ4n) is 5.47. The quantitative estimate of drug-likeness (QED) is 0.681. The van der Waals surface area contributed by atoms with Gasteiger partial charge in [-0.05, 0) is 29.7 Å². The summed E-state index contributed by atoms with van der Waals surface area (Å²) in [5, 5.41) is 32.1. The molecule has 1 aliphatic carbocycles. The molecule has 31 heavy (non-hydrogen) atoms. The van der Waals surface area contributed by atoms with Gasteiger partial charge in [0.15, 0.2) is 5.60 Å². The van der Waals surface area contributed by atoms with E-state index in [-0.39, 0.29) is 12.5 Å². The minimum atomic E-state index is -1.56. The Hall–Kier alpha value is -3.40. The van der Waals surface area contributed by atoms with E-state index in [1.807, 2.05) is 42.5 Å². The van der Waals surface area contributed by atoms with Gasteiger partial charge in [0.25, 0.3) is 0 Å². The van der Waals surface area contributed by atoms with E-state index in [0.717, 1.165) is 11.1 Å². The molecule has 2 heterocycles. The molecule has 4 atom stereocenters. The minimum Gasteiger partial charge on any atom is -0.495 e. The van der Waals surface area contributed by atoms with Crippen LogP contribution in [0.25, 0.3) is 0 Å². The van der Waals surface area contributed by atoms with Crippen molar-refractivity contribution in [3.05, 3.63) is 89.2 Å². The zero-order valence-electron chi connectivity index (χ0n) is 17.0. The molecule has 2 aliphatic rings. The summed E-state index contributed by atoms with van der Waals surface area (Å²) >= 11 is 0. The summed E-state index contributed by atoms with van der Waals surface area (Å²) in [6.07, 6.45) is 3.65. The minimum absolute atomic E-state index is 0.216. The highest BCUT2D eigenvalue weighted by Gasteiger charge is 2.73. The SMILES string of the molecule is COc1cncc2c1[C@]1(O)C(CO)C[C@@H](c3ccccc3)[C@]1(c1ccc(C#N)cc1)O2. The van der Waals surface area contributed by atoms with E-state index in [1.54, 1.807) is 24.5 Å². The molecule has 5 rings (SSSR count). The molecule has 0 bridgehead atoms. The van der Waals surface area contributed by atoms with Crippen LogP contribution in [0.4, 0.5) is 0 Å². The van der Waals surface area contributed by atoms with Crippen LogP contribution in [0, 0.1) is 17.2 Å². The van der Waals surface area contributed by atoms with Crippen LogP contribution in [0.15, 0.2) is 67.0 Å². The lowest BCUT2D eigenvalue weighted by Gasteiger charge is -2.41. The van der Waals surface area contributed by atoms with Crippen molar-refractivity contribution in [3.8, 4) is 17.6 Å². The van der Waals surface area contributed by atoms with E-state index >= 15 is 0 Å². The number of hydrogen-bond acceptors (Lipinski definition) is 6. The third kappa shape index (κ3) is 2.48. The number of aliphatic hydroxyl groups excluding tert-OH is 1. The zero-order valence-corrected chi connectivity index (χ0v) is 17.0. The van der Waals surface area contributed by atoms with E-state index in [4.69, 9.17) is 9.47 Å². The largest absolute Gasteiger partial charge is 0.495 e. The molecule has 6 nitrogen and oxygen atoms in total. The van der Waals surface area contributed by atoms with Crippen molar-refractivity contribution >= 4 is 0 Å². The molecule has 0 spiro atoms. The Balaban J connectivity index is 1.82. The van der Waals surface area contributed by atoms with Gasteiger partial charge in [-0.25, -0.2) is 0 Å². The average molecular weight is 414 g/mol. The molecule has 1 unspecified atom stereocenters. The highest BCUT2D eigenvalue weighted by atomic mass is 16.5. The normalized spacial score (nSPS) is 28.3. The first kappa shape index (κ1) is 19.6. The topological polar surface area (TPSA) is 95.6 Å². The predicted molar refractivity (Wildman–Crippen MR) is 113 cm³/mol. The van der Waals surface area contributed by atoms with Gasteiger partial charge in [-0.2, -0.15) is 5.26 Å². The Morgan fingerprint density at radius 1 is 1.16 bits per heavy atom. The summed E-state index contributed by atoms with van der Waals surface area (Å²) in [5.41, 5.74) is -0.00898. The van der Waals surface area contributed by atoms with Crippen LogP contribution in [0.1, 0.15) is 34.6 Å². The third-order valence-corrected chi connectivity index (χ3v) is 6.78. The Bertz CT molecular complexity index is 1160. The molecule has 1 aromatic heterocycles. The summed E-state index contributed by atoms with van der Waals surface area (Å²) in [4.78, 5) is 4.22. The summed E-state index contributed by atoms with van der Waals surface area (Å²) in [5.74, 6) is 0.111. The lowest BCUT2D eigenvalue weighted by Crippen LogP contribution is -2.51. The lowest BCUT2D eigenvalue weighted by atomic mass is 9.70. The fraction of sp³-hybridized carbons (Fsp3) is 0.280. The highest BCUT2D eigenvalue weighted by molar-refractivity contribution is 5.58. The van der Waals surface area contributed by atoms with E-state index in [0.29, 0.717) is 29.0 Å². The second-order valence-electron chi connectivity index (χ2n) is 8.09. The maximum atomic E-state index is 12.5. The zero-order chi connectivity index (χ0) is 21.6. The maximum Gasteiger partial charge on any atom is 0.174 e. The first-order valence-corrected chi connectivity index (χ1v) is 10.2. The predicted octanol–water partition coefficient (Wildman–Crippen LogP) is 3.23. The van der Waals surface area contributed by atoms with Crippen LogP contribution in [0.3, 0.4) is 0 Å². The highest BCUT2D eigenvalue weighted by Crippen LogP contribution is 2.69. The number of benzene rings is 2. The van der Waals surface area contributed by atoms with E-state index in [9.17, 15) is 15.5 Å². The standard InChI is InChI=1S/C25H22N2O4/c1-30-21-13-27-14-22-23(21)24(29)19(15-28)11-20(17-5-3-2-4-6-17)25(24,31-22)18-9-7-16(12-26)8-10-18/h2-10,13-14,19-20,28-29H,11,15H2,1H3/t19?,20-,24+,25-/m0/s1. The summed E-state index contributed by atoms with van der Waals surface area (Å²) < 4.78 is 12.2. The van der Waals surface area contributed by atoms with Gasteiger partial charge >= 0.3 is 0 Å². The molecule has 1 aliphatic heterocycles. The number of fused-ring (bicyclic) bond motifs is 3. The molecule has 3 aromatic rings. The van der Waals surface area contributed by atoms with Crippen LogP contribution >= 0.6 is 0 Å². The number of aromatic nitrogens is 1. The average Bonchev–Trinajstić information content (AvgIpc) is 3.24. The number of hydrogen-bond donors (Lipinski definition) is 2. The molecule has 6 heteroatoms. The van der Waals surface area contributed by atoms with Crippen molar-refractivity contribution < 1.29 is 19.7 Å². The van der Waals surface area contributed by atoms with Crippen molar-refractivity contribution in [1.82, 2.24) is 4.98 Å². The Morgan fingerprint density at radius 2 is 1.90 bits per heavy atom. The number of pyridine rings is 1. The van der Waals surface area contributed by atoms with Crippen molar-refractivity contribution in [2.75, 3.05) is 13.7 Å². The molecule has 156 valence electrons. The van der Waals surface area contributed by atoms with E-state index < -0.39 is 17.1 Å². The van der Waals surface area contributed by atoms with Gasteiger partial charge in [0.2, 0.25) is 0 Å².